The molecule has 3 nitrogen and oxygen atoms in total. The molecule has 0 fully saturated rings. The van der Waals surface area contributed by atoms with Crippen molar-refractivity contribution >= 4 is 5.69 Å². The summed E-state index contributed by atoms with van der Waals surface area (Å²) in [7, 11) is 2.03. The zero-order valence-corrected chi connectivity index (χ0v) is 10.2. The van der Waals surface area contributed by atoms with Crippen LogP contribution in [-0.4, -0.2) is 30.1 Å². The summed E-state index contributed by atoms with van der Waals surface area (Å²) in [5, 5.41) is 10.0. The Balaban J connectivity index is 2.48. The molecule has 1 aromatic carbocycles. The smallest absolute Gasteiger partial charge is 0.0917 e. The van der Waals surface area contributed by atoms with Crippen molar-refractivity contribution in [3.63, 3.8) is 0 Å². The van der Waals surface area contributed by atoms with Crippen LogP contribution in [0.2, 0.25) is 0 Å². The first kappa shape index (κ1) is 13.0. The SMILES string of the molecule is CCCCN(C)CC(O)c1cccc(N)c1. The zero-order valence-electron chi connectivity index (χ0n) is 10.2. The molecule has 0 spiro atoms. The maximum absolute atomic E-state index is 10.0. The highest BCUT2D eigenvalue weighted by Gasteiger charge is 2.10. The molecule has 0 heterocycles. The number of nitrogen functional groups attached to an aromatic ring is 1. The van der Waals surface area contributed by atoms with Crippen LogP contribution in [0.4, 0.5) is 5.69 Å². The largest absolute Gasteiger partial charge is 0.399 e. The molecule has 1 aromatic rings. The van der Waals surface area contributed by atoms with Crippen LogP contribution >= 0.6 is 0 Å². The number of aliphatic hydroxyl groups excluding tert-OH is 1. The first-order valence-corrected chi connectivity index (χ1v) is 5.85. The molecular weight excluding hydrogens is 200 g/mol. The number of hydrogen-bond acceptors (Lipinski definition) is 3. The standard InChI is InChI=1S/C13H22N2O/c1-3-4-8-15(2)10-13(16)11-6-5-7-12(14)9-11/h5-7,9,13,16H,3-4,8,10,14H2,1-2H3. The molecule has 1 unspecified atom stereocenters. The van der Waals surface area contributed by atoms with E-state index in [-0.39, 0.29) is 0 Å². The maximum Gasteiger partial charge on any atom is 0.0917 e. The molecule has 0 aromatic heterocycles. The third kappa shape index (κ3) is 4.21. The Labute approximate surface area is 97.9 Å². The Morgan fingerprint density at radius 2 is 2.19 bits per heavy atom. The number of likely N-dealkylation sites (N-methyl/N-ethyl adjacent to an activating group) is 1. The van der Waals surface area contributed by atoms with Crippen LogP contribution in [0.1, 0.15) is 31.4 Å². The quantitative estimate of drug-likeness (QED) is 0.724. The van der Waals surface area contributed by atoms with Gasteiger partial charge in [-0.3, -0.25) is 0 Å². The predicted molar refractivity (Wildman–Crippen MR) is 68.2 cm³/mol. The molecule has 1 atom stereocenters. The molecule has 0 aliphatic rings. The molecule has 1 rings (SSSR count). The van der Waals surface area contributed by atoms with Gasteiger partial charge in [0.2, 0.25) is 0 Å². The van der Waals surface area contributed by atoms with Crippen LogP contribution in [0.3, 0.4) is 0 Å². The van der Waals surface area contributed by atoms with Gasteiger partial charge in [-0.1, -0.05) is 25.5 Å². The molecule has 0 saturated heterocycles. The Morgan fingerprint density at radius 1 is 1.44 bits per heavy atom. The third-order valence-corrected chi connectivity index (χ3v) is 2.67. The topological polar surface area (TPSA) is 49.5 Å². The number of anilines is 1. The molecule has 16 heavy (non-hydrogen) atoms. The fourth-order valence-electron chi connectivity index (χ4n) is 1.69. The van der Waals surface area contributed by atoms with E-state index in [2.05, 4.69) is 11.8 Å². The van der Waals surface area contributed by atoms with E-state index in [9.17, 15) is 5.11 Å². The Bertz CT molecular complexity index is 315. The lowest BCUT2D eigenvalue weighted by molar-refractivity contribution is 0.126. The number of aliphatic hydroxyl groups is 1. The van der Waals surface area contributed by atoms with Gasteiger partial charge in [-0.25, -0.2) is 0 Å². The molecular formula is C13H22N2O. The van der Waals surface area contributed by atoms with E-state index < -0.39 is 6.10 Å². The summed E-state index contributed by atoms with van der Waals surface area (Å²) in [6.07, 6.45) is 1.89. The van der Waals surface area contributed by atoms with Crippen molar-refractivity contribution in [2.45, 2.75) is 25.9 Å². The fourth-order valence-corrected chi connectivity index (χ4v) is 1.69. The van der Waals surface area contributed by atoms with E-state index in [1.807, 2.05) is 31.3 Å². The molecule has 0 radical (unpaired) electrons. The van der Waals surface area contributed by atoms with Crippen molar-refractivity contribution in [2.75, 3.05) is 25.9 Å². The van der Waals surface area contributed by atoms with E-state index in [0.29, 0.717) is 12.2 Å². The second kappa shape index (κ2) is 6.51. The lowest BCUT2D eigenvalue weighted by Crippen LogP contribution is -2.25. The van der Waals surface area contributed by atoms with Gasteiger partial charge < -0.3 is 15.7 Å². The first-order chi connectivity index (χ1) is 7.63. The summed E-state index contributed by atoms with van der Waals surface area (Å²) in [5.74, 6) is 0. The van der Waals surface area contributed by atoms with Crippen LogP contribution in [0.25, 0.3) is 0 Å². The van der Waals surface area contributed by atoms with Gasteiger partial charge in [0.1, 0.15) is 0 Å². The third-order valence-electron chi connectivity index (χ3n) is 2.67. The molecule has 0 aliphatic carbocycles. The van der Waals surface area contributed by atoms with Gasteiger partial charge in [-0.2, -0.15) is 0 Å². The van der Waals surface area contributed by atoms with Gasteiger partial charge >= 0.3 is 0 Å². The lowest BCUT2D eigenvalue weighted by atomic mass is 10.1. The molecule has 3 N–H and O–H groups in total. The van der Waals surface area contributed by atoms with Crippen molar-refractivity contribution in [1.29, 1.82) is 0 Å². The van der Waals surface area contributed by atoms with Crippen LogP contribution in [0.15, 0.2) is 24.3 Å². The Kier molecular flexibility index (Phi) is 5.29. The second-order valence-electron chi connectivity index (χ2n) is 4.30. The number of hydrogen-bond donors (Lipinski definition) is 2. The van der Waals surface area contributed by atoms with Crippen molar-refractivity contribution in [1.82, 2.24) is 4.90 Å². The minimum atomic E-state index is -0.453. The summed E-state index contributed by atoms with van der Waals surface area (Å²) in [4.78, 5) is 2.15. The van der Waals surface area contributed by atoms with Crippen molar-refractivity contribution in [3.05, 3.63) is 29.8 Å². The molecule has 90 valence electrons. The highest BCUT2D eigenvalue weighted by Crippen LogP contribution is 2.16. The van der Waals surface area contributed by atoms with Crippen LogP contribution in [0.5, 0.6) is 0 Å². The average Bonchev–Trinajstić information content (AvgIpc) is 2.26. The summed E-state index contributed by atoms with van der Waals surface area (Å²) in [5.41, 5.74) is 7.28. The molecule has 0 aliphatic heterocycles. The number of nitrogens with two attached hydrogens (primary N) is 1. The van der Waals surface area contributed by atoms with E-state index in [1.54, 1.807) is 0 Å². The van der Waals surface area contributed by atoms with Gasteiger partial charge in [-0.15, -0.1) is 0 Å². The van der Waals surface area contributed by atoms with E-state index in [1.165, 1.54) is 12.8 Å². The Morgan fingerprint density at radius 3 is 2.81 bits per heavy atom. The highest BCUT2D eigenvalue weighted by atomic mass is 16.3. The lowest BCUT2D eigenvalue weighted by Gasteiger charge is -2.20. The summed E-state index contributed by atoms with van der Waals surface area (Å²) in [6.45, 7) is 3.85. The Hall–Kier alpha value is -1.06. The van der Waals surface area contributed by atoms with Gasteiger partial charge in [0.15, 0.2) is 0 Å². The normalized spacial score (nSPS) is 13.0. The van der Waals surface area contributed by atoms with Crippen LogP contribution in [-0.2, 0) is 0 Å². The van der Waals surface area contributed by atoms with Crippen LogP contribution in [0, 0.1) is 0 Å². The van der Waals surface area contributed by atoms with E-state index >= 15 is 0 Å². The van der Waals surface area contributed by atoms with Gasteiger partial charge in [0, 0.05) is 12.2 Å². The number of benzene rings is 1. The van der Waals surface area contributed by atoms with Crippen molar-refractivity contribution in [3.8, 4) is 0 Å². The summed E-state index contributed by atoms with van der Waals surface area (Å²) >= 11 is 0. The summed E-state index contributed by atoms with van der Waals surface area (Å²) < 4.78 is 0. The predicted octanol–water partition coefficient (Wildman–Crippen LogP) is 2.03. The highest BCUT2D eigenvalue weighted by molar-refractivity contribution is 5.41. The van der Waals surface area contributed by atoms with E-state index in [0.717, 1.165) is 12.1 Å². The molecule has 3 heteroatoms. The average molecular weight is 222 g/mol. The fraction of sp³-hybridized carbons (Fsp3) is 0.538. The van der Waals surface area contributed by atoms with Gasteiger partial charge in [-0.05, 0) is 37.7 Å². The zero-order chi connectivity index (χ0) is 12.0. The van der Waals surface area contributed by atoms with E-state index in [4.69, 9.17) is 5.73 Å². The van der Waals surface area contributed by atoms with Crippen LogP contribution < -0.4 is 5.73 Å². The summed E-state index contributed by atoms with van der Waals surface area (Å²) in [6, 6.07) is 7.45. The molecule has 0 saturated carbocycles. The van der Waals surface area contributed by atoms with Crippen molar-refractivity contribution < 1.29 is 5.11 Å². The monoisotopic (exact) mass is 222 g/mol. The molecule has 0 bridgehead atoms. The maximum atomic E-state index is 10.0. The number of nitrogens with zero attached hydrogens (tertiary/aromatic N) is 1. The number of unbranched alkanes of at least 4 members (excludes halogenated alkanes) is 1. The molecule has 0 amide bonds. The number of rotatable bonds is 6. The minimum absolute atomic E-state index is 0.453. The first-order valence-electron chi connectivity index (χ1n) is 5.85. The minimum Gasteiger partial charge on any atom is -0.399 e. The van der Waals surface area contributed by atoms with Crippen molar-refractivity contribution in [2.24, 2.45) is 0 Å². The second-order valence-corrected chi connectivity index (χ2v) is 4.30. The van der Waals surface area contributed by atoms with Gasteiger partial charge in [0.05, 0.1) is 6.10 Å². The van der Waals surface area contributed by atoms with Gasteiger partial charge in [0.25, 0.3) is 0 Å².